The van der Waals surface area contributed by atoms with Crippen LogP contribution < -0.4 is 5.32 Å². The molecule has 1 aromatic rings. The number of nitrogens with one attached hydrogen (secondary N) is 1. The fourth-order valence-corrected chi connectivity index (χ4v) is 2.78. The van der Waals surface area contributed by atoms with Crippen LogP contribution >= 0.6 is 0 Å². The van der Waals surface area contributed by atoms with Gasteiger partial charge in [-0.05, 0) is 12.1 Å². The van der Waals surface area contributed by atoms with Crippen LogP contribution in [0.2, 0.25) is 0 Å². The van der Waals surface area contributed by atoms with Crippen molar-refractivity contribution in [1.29, 1.82) is 0 Å². The lowest BCUT2D eigenvalue weighted by Crippen LogP contribution is -2.55. The third-order valence-corrected chi connectivity index (χ3v) is 3.81. The Labute approximate surface area is 122 Å². The normalized spacial score (nSPS) is 19.1. The minimum absolute atomic E-state index is 0.156. The molecule has 0 aliphatic carbocycles. The van der Waals surface area contributed by atoms with E-state index in [1.54, 1.807) is 18.2 Å². The molecule has 2 heterocycles. The molecule has 1 aliphatic rings. The number of hydrogen-bond donors (Lipinski definition) is 2. The van der Waals surface area contributed by atoms with Gasteiger partial charge in [0, 0.05) is 25.9 Å². The molecule has 1 aliphatic heterocycles. The largest absolute Gasteiger partial charge is 0.383 e. The third kappa shape index (κ3) is 3.57. The molecule has 0 aromatic carbocycles. The van der Waals surface area contributed by atoms with Crippen molar-refractivity contribution < 1.29 is 22.5 Å². The lowest BCUT2D eigenvalue weighted by atomic mass is 10.2. The van der Waals surface area contributed by atoms with Gasteiger partial charge in [-0.1, -0.05) is 6.07 Å². The monoisotopic (exact) mass is 313 g/mol. The molecule has 2 N–H and O–H groups in total. The van der Waals surface area contributed by atoms with Crippen LogP contribution in [0.15, 0.2) is 30.5 Å². The summed E-state index contributed by atoms with van der Waals surface area (Å²) in [5.74, 6) is -0.619. The van der Waals surface area contributed by atoms with Crippen molar-refractivity contribution in [1.82, 2.24) is 15.2 Å². The summed E-state index contributed by atoms with van der Waals surface area (Å²) in [7, 11) is -3.04. The third-order valence-electron chi connectivity index (χ3n) is 2.87. The Hall–Kier alpha value is -1.97. The molecule has 0 fully saturated rings. The van der Waals surface area contributed by atoms with E-state index in [1.165, 1.54) is 24.3 Å². The SMILES string of the molecule is COCCN1C(c2ccccn2)=CC(=O)NC1S(=O)(=O)O. The lowest BCUT2D eigenvalue weighted by Gasteiger charge is -2.35. The van der Waals surface area contributed by atoms with Gasteiger partial charge in [0.1, 0.15) is 0 Å². The van der Waals surface area contributed by atoms with Gasteiger partial charge in [-0.25, -0.2) is 0 Å². The van der Waals surface area contributed by atoms with E-state index in [0.29, 0.717) is 11.4 Å². The number of nitrogens with zero attached hydrogens (tertiary/aromatic N) is 2. The topological polar surface area (TPSA) is 109 Å². The standard InChI is InChI=1S/C12H15N3O5S/c1-20-7-6-15-10(9-4-2-3-5-13-9)8-11(16)14-12(15)21(17,18)19/h2-5,8,12H,6-7H2,1H3,(H,14,16)(H,17,18,19). The molecule has 0 saturated carbocycles. The Bertz CT molecular complexity index is 644. The van der Waals surface area contributed by atoms with Gasteiger partial charge >= 0.3 is 10.1 Å². The molecule has 0 bridgehead atoms. The van der Waals surface area contributed by atoms with Crippen LogP contribution in [-0.4, -0.2) is 54.5 Å². The number of hydrogen-bond acceptors (Lipinski definition) is 6. The number of rotatable bonds is 5. The molecule has 9 heteroatoms. The molecular weight excluding hydrogens is 298 g/mol. The van der Waals surface area contributed by atoms with Gasteiger partial charge in [-0.15, -0.1) is 0 Å². The zero-order valence-corrected chi connectivity index (χ0v) is 12.1. The first kappa shape index (κ1) is 15.4. The van der Waals surface area contributed by atoms with E-state index in [-0.39, 0.29) is 13.2 Å². The summed E-state index contributed by atoms with van der Waals surface area (Å²) in [6.45, 7) is 0.371. The Balaban J connectivity index is 2.45. The first-order chi connectivity index (χ1) is 9.93. The van der Waals surface area contributed by atoms with Gasteiger partial charge in [-0.3, -0.25) is 14.3 Å². The van der Waals surface area contributed by atoms with Crippen molar-refractivity contribution in [2.75, 3.05) is 20.3 Å². The van der Waals surface area contributed by atoms with E-state index in [0.717, 1.165) is 0 Å². The van der Waals surface area contributed by atoms with Gasteiger partial charge in [0.25, 0.3) is 0 Å². The summed E-state index contributed by atoms with van der Waals surface area (Å²) in [5, 5.41) is 2.20. The summed E-state index contributed by atoms with van der Waals surface area (Å²) in [6.07, 6.45) is 2.76. The Morgan fingerprint density at radius 2 is 2.24 bits per heavy atom. The van der Waals surface area contributed by atoms with Crippen LogP contribution in [0.25, 0.3) is 5.70 Å². The first-order valence-corrected chi connectivity index (χ1v) is 7.59. The highest BCUT2D eigenvalue weighted by Crippen LogP contribution is 2.24. The molecule has 114 valence electrons. The smallest absolute Gasteiger partial charge is 0.306 e. The molecule has 21 heavy (non-hydrogen) atoms. The fraction of sp³-hybridized carbons (Fsp3) is 0.333. The Kier molecular flexibility index (Phi) is 4.56. The number of amides is 1. The van der Waals surface area contributed by atoms with E-state index in [1.807, 2.05) is 0 Å². The molecule has 8 nitrogen and oxygen atoms in total. The summed E-state index contributed by atoms with van der Waals surface area (Å²) in [4.78, 5) is 17.1. The Morgan fingerprint density at radius 3 is 2.81 bits per heavy atom. The van der Waals surface area contributed by atoms with E-state index < -0.39 is 21.5 Å². The van der Waals surface area contributed by atoms with Gasteiger partial charge in [-0.2, -0.15) is 8.42 Å². The average molecular weight is 313 g/mol. The van der Waals surface area contributed by atoms with Gasteiger partial charge in [0.05, 0.1) is 18.0 Å². The maximum Gasteiger partial charge on any atom is 0.306 e. The summed E-state index contributed by atoms with van der Waals surface area (Å²) in [5.41, 5.74) is -0.835. The second kappa shape index (κ2) is 6.20. The number of carbonyl (C=O) groups is 1. The van der Waals surface area contributed by atoms with Crippen LogP contribution in [0, 0.1) is 0 Å². The predicted molar refractivity (Wildman–Crippen MR) is 74.3 cm³/mol. The van der Waals surface area contributed by atoms with E-state index >= 15 is 0 Å². The molecule has 1 aromatic heterocycles. The van der Waals surface area contributed by atoms with Crippen molar-refractivity contribution >= 4 is 21.7 Å². The van der Waals surface area contributed by atoms with E-state index in [4.69, 9.17) is 4.74 Å². The molecule has 0 spiro atoms. The summed E-state index contributed by atoms with van der Waals surface area (Å²) < 4.78 is 37.2. The van der Waals surface area contributed by atoms with Crippen LogP contribution in [0.5, 0.6) is 0 Å². The summed E-state index contributed by atoms with van der Waals surface area (Å²) >= 11 is 0. The van der Waals surface area contributed by atoms with Crippen LogP contribution in [-0.2, 0) is 19.6 Å². The second-order valence-corrected chi connectivity index (χ2v) is 5.78. The molecule has 1 atom stereocenters. The lowest BCUT2D eigenvalue weighted by molar-refractivity contribution is -0.118. The van der Waals surface area contributed by atoms with Crippen LogP contribution in [0.1, 0.15) is 5.69 Å². The van der Waals surface area contributed by atoms with E-state index in [2.05, 4.69) is 10.3 Å². The molecule has 1 unspecified atom stereocenters. The maximum absolute atomic E-state index is 11.7. The van der Waals surface area contributed by atoms with Crippen LogP contribution in [0.3, 0.4) is 0 Å². The quantitative estimate of drug-likeness (QED) is 0.717. The molecular formula is C12H15N3O5S. The minimum Gasteiger partial charge on any atom is -0.383 e. The maximum atomic E-state index is 11.7. The fourth-order valence-electron chi connectivity index (χ4n) is 1.97. The van der Waals surface area contributed by atoms with Crippen molar-refractivity contribution in [2.24, 2.45) is 0 Å². The predicted octanol–water partition coefficient (Wildman–Crippen LogP) is -0.328. The zero-order valence-electron chi connectivity index (χ0n) is 11.3. The highest BCUT2D eigenvalue weighted by molar-refractivity contribution is 7.86. The van der Waals surface area contributed by atoms with Crippen molar-refractivity contribution in [2.45, 2.75) is 5.50 Å². The highest BCUT2D eigenvalue weighted by Gasteiger charge is 2.36. The molecule has 0 radical (unpaired) electrons. The summed E-state index contributed by atoms with van der Waals surface area (Å²) in [6, 6.07) is 5.06. The number of aromatic nitrogens is 1. The molecule has 0 saturated heterocycles. The zero-order chi connectivity index (χ0) is 15.5. The van der Waals surface area contributed by atoms with Crippen LogP contribution in [0.4, 0.5) is 0 Å². The van der Waals surface area contributed by atoms with Crippen molar-refractivity contribution in [3.63, 3.8) is 0 Å². The Morgan fingerprint density at radius 1 is 1.48 bits per heavy atom. The minimum atomic E-state index is -4.51. The highest BCUT2D eigenvalue weighted by atomic mass is 32.2. The second-order valence-electron chi connectivity index (χ2n) is 4.31. The molecule has 1 amide bonds. The van der Waals surface area contributed by atoms with Gasteiger partial charge < -0.3 is 15.0 Å². The number of ether oxygens (including phenoxy) is 1. The first-order valence-electron chi connectivity index (χ1n) is 6.09. The van der Waals surface area contributed by atoms with Gasteiger partial charge in [0.2, 0.25) is 11.4 Å². The van der Waals surface area contributed by atoms with Gasteiger partial charge in [0.15, 0.2) is 0 Å². The average Bonchev–Trinajstić information content (AvgIpc) is 2.45. The number of carbonyl (C=O) groups excluding carboxylic acids is 1. The molecule has 2 rings (SSSR count). The van der Waals surface area contributed by atoms with Crippen molar-refractivity contribution in [3.8, 4) is 0 Å². The number of methoxy groups -OCH3 is 1. The number of pyridine rings is 1. The van der Waals surface area contributed by atoms with E-state index in [9.17, 15) is 17.8 Å². The van der Waals surface area contributed by atoms with Crippen molar-refractivity contribution in [3.05, 3.63) is 36.2 Å².